The number of rotatable bonds is 4. The van der Waals surface area contributed by atoms with Crippen molar-refractivity contribution < 1.29 is 0 Å². The fourth-order valence-corrected chi connectivity index (χ4v) is 3.11. The van der Waals surface area contributed by atoms with Crippen LogP contribution in [-0.2, 0) is 0 Å². The van der Waals surface area contributed by atoms with E-state index >= 15 is 0 Å². The van der Waals surface area contributed by atoms with Crippen molar-refractivity contribution in [1.82, 2.24) is 10.3 Å². The predicted octanol–water partition coefficient (Wildman–Crippen LogP) is 3.54. The van der Waals surface area contributed by atoms with Gasteiger partial charge in [0.2, 0.25) is 0 Å². The average molecular weight is 232 g/mol. The topological polar surface area (TPSA) is 24.9 Å². The van der Waals surface area contributed by atoms with E-state index in [1.165, 1.54) is 31.2 Å². The Morgan fingerprint density at radius 1 is 1.24 bits per heavy atom. The van der Waals surface area contributed by atoms with Gasteiger partial charge in [-0.15, -0.1) is 0 Å². The number of aryl methyl sites for hydroxylation is 2. The van der Waals surface area contributed by atoms with Crippen LogP contribution in [0.25, 0.3) is 0 Å². The molecule has 1 unspecified atom stereocenters. The third-order valence-electron chi connectivity index (χ3n) is 3.76. The second-order valence-electron chi connectivity index (χ2n) is 5.26. The van der Waals surface area contributed by atoms with Crippen LogP contribution in [0.5, 0.6) is 0 Å². The number of nitrogens with zero attached hydrogens (tertiary/aromatic N) is 1. The van der Waals surface area contributed by atoms with Gasteiger partial charge in [-0.25, -0.2) is 0 Å². The van der Waals surface area contributed by atoms with Gasteiger partial charge in [-0.2, -0.15) is 0 Å². The van der Waals surface area contributed by atoms with Gasteiger partial charge in [-0.3, -0.25) is 4.98 Å². The van der Waals surface area contributed by atoms with Crippen molar-refractivity contribution in [3.8, 4) is 0 Å². The van der Waals surface area contributed by atoms with Crippen molar-refractivity contribution in [2.45, 2.75) is 52.5 Å². The normalized spacial score (nSPS) is 18.5. The molecule has 0 bridgehead atoms. The molecule has 0 amide bonds. The van der Waals surface area contributed by atoms with Gasteiger partial charge in [-0.1, -0.05) is 19.8 Å². The Bertz CT molecular complexity index is 347. The van der Waals surface area contributed by atoms with Gasteiger partial charge >= 0.3 is 0 Å². The summed E-state index contributed by atoms with van der Waals surface area (Å²) in [5.74, 6) is 0.816. The molecule has 0 saturated heterocycles. The highest BCUT2D eigenvalue weighted by Crippen LogP contribution is 2.35. The maximum Gasteiger partial charge on any atom is 0.0379 e. The van der Waals surface area contributed by atoms with Crippen LogP contribution in [-0.4, -0.2) is 11.5 Å². The minimum absolute atomic E-state index is 0.530. The highest BCUT2D eigenvalue weighted by molar-refractivity contribution is 5.24. The summed E-state index contributed by atoms with van der Waals surface area (Å²) in [5.41, 5.74) is 3.71. The van der Waals surface area contributed by atoms with Crippen molar-refractivity contribution in [1.29, 1.82) is 0 Å². The molecular weight excluding hydrogens is 208 g/mol. The molecule has 0 spiro atoms. The Labute approximate surface area is 105 Å². The molecule has 1 N–H and O–H groups in total. The van der Waals surface area contributed by atoms with Crippen LogP contribution < -0.4 is 5.32 Å². The fraction of sp³-hybridized carbons (Fsp3) is 0.667. The minimum Gasteiger partial charge on any atom is -0.310 e. The lowest BCUT2D eigenvalue weighted by atomic mass is 9.91. The number of hydrogen-bond donors (Lipinski definition) is 1. The zero-order chi connectivity index (χ0) is 12.3. The Hall–Kier alpha value is -0.890. The van der Waals surface area contributed by atoms with E-state index in [2.05, 4.69) is 43.2 Å². The smallest absolute Gasteiger partial charge is 0.0379 e. The fourth-order valence-electron chi connectivity index (χ4n) is 3.11. The summed E-state index contributed by atoms with van der Waals surface area (Å²) >= 11 is 0. The molecule has 17 heavy (non-hydrogen) atoms. The van der Waals surface area contributed by atoms with E-state index in [4.69, 9.17) is 0 Å². The second-order valence-corrected chi connectivity index (χ2v) is 5.26. The van der Waals surface area contributed by atoms with Crippen LogP contribution in [0.2, 0.25) is 0 Å². The summed E-state index contributed by atoms with van der Waals surface area (Å²) in [6.45, 7) is 7.42. The van der Waals surface area contributed by atoms with E-state index in [0.717, 1.165) is 23.9 Å². The number of nitrogens with one attached hydrogen (secondary N) is 1. The van der Waals surface area contributed by atoms with Gasteiger partial charge in [0.1, 0.15) is 0 Å². The van der Waals surface area contributed by atoms with Crippen molar-refractivity contribution in [2.24, 2.45) is 5.92 Å². The van der Waals surface area contributed by atoms with Gasteiger partial charge in [-0.05, 0) is 56.8 Å². The molecule has 94 valence electrons. The van der Waals surface area contributed by atoms with Gasteiger partial charge in [0, 0.05) is 17.4 Å². The van der Waals surface area contributed by atoms with E-state index in [-0.39, 0.29) is 0 Å². The van der Waals surface area contributed by atoms with Crippen molar-refractivity contribution >= 4 is 0 Å². The SMILES string of the molecule is CCNC(c1cc(C)nc(C)c1)C1CCCC1. The molecule has 1 saturated carbocycles. The van der Waals surface area contributed by atoms with E-state index in [9.17, 15) is 0 Å². The zero-order valence-electron chi connectivity index (χ0n) is 11.3. The zero-order valence-corrected chi connectivity index (χ0v) is 11.3. The first-order chi connectivity index (χ1) is 8.20. The highest BCUT2D eigenvalue weighted by atomic mass is 14.9. The summed E-state index contributed by atoms with van der Waals surface area (Å²) in [4.78, 5) is 4.48. The average Bonchev–Trinajstić information content (AvgIpc) is 2.77. The molecule has 1 aromatic rings. The van der Waals surface area contributed by atoms with Gasteiger partial charge < -0.3 is 5.32 Å². The molecular formula is C15H24N2. The maximum absolute atomic E-state index is 4.48. The Balaban J connectivity index is 2.24. The quantitative estimate of drug-likeness (QED) is 0.859. The monoisotopic (exact) mass is 232 g/mol. The molecule has 1 aromatic heterocycles. The molecule has 2 nitrogen and oxygen atoms in total. The summed E-state index contributed by atoms with van der Waals surface area (Å²) in [5, 5.41) is 3.67. The van der Waals surface area contributed by atoms with Crippen molar-refractivity contribution in [3.05, 3.63) is 29.1 Å². The van der Waals surface area contributed by atoms with Crippen molar-refractivity contribution in [3.63, 3.8) is 0 Å². The lowest BCUT2D eigenvalue weighted by Crippen LogP contribution is -2.27. The molecule has 2 heteroatoms. The van der Waals surface area contributed by atoms with E-state index in [0.29, 0.717) is 6.04 Å². The van der Waals surface area contributed by atoms with Crippen LogP contribution in [0.4, 0.5) is 0 Å². The standard InChI is InChI=1S/C15H24N2/c1-4-16-15(13-7-5-6-8-13)14-9-11(2)17-12(3)10-14/h9-10,13,15-16H,4-8H2,1-3H3. The number of aromatic nitrogens is 1. The van der Waals surface area contributed by atoms with E-state index < -0.39 is 0 Å². The molecule has 0 radical (unpaired) electrons. The summed E-state index contributed by atoms with van der Waals surface area (Å²) in [6, 6.07) is 5.03. The van der Waals surface area contributed by atoms with Crippen LogP contribution in [0, 0.1) is 19.8 Å². The molecule has 1 aliphatic carbocycles. The third-order valence-corrected chi connectivity index (χ3v) is 3.76. The first kappa shape index (κ1) is 12.6. The molecule has 1 fully saturated rings. The first-order valence-corrected chi connectivity index (χ1v) is 6.89. The van der Waals surface area contributed by atoms with Crippen LogP contribution in [0.3, 0.4) is 0 Å². The summed E-state index contributed by atoms with van der Waals surface area (Å²) < 4.78 is 0. The van der Waals surface area contributed by atoms with Crippen molar-refractivity contribution in [2.75, 3.05) is 6.54 Å². The molecule has 0 aromatic carbocycles. The number of pyridine rings is 1. The lowest BCUT2D eigenvalue weighted by Gasteiger charge is -2.25. The van der Waals surface area contributed by atoms with Gasteiger partial charge in [0.15, 0.2) is 0 Å². The Morgan fingerprint density at radius 2 is 1.82 bits per heavy atom. The predicted molar refractivity (Wildman–Crippen MR) is 72.1 cm³/mol. The summed E-state index contributed by atoms with van der Waals surface area (Å²) in [6.07, 6.45) is 5.54. The molecule has 0 aliphatic heterocycles. The second kappa shape index (κ2) is 5.63. The van der Waals surface area contributed by atoms with Gasteiger partial charge in [0.05, 0.1) is 0 Å². The Morgan fingerprint density at radius 3 is 2.35 bits per heavy atom. The third kappa shape index (κ3) is 3.06. The Kier molecular flexibility index (Phi) is 4.16. The van der Waals surface area contributed by atoms with Crippen LogP contribution in [0.1, 0.15) is 55.6 Å². The van der Waals surface area contributed by atoms with E-state index in [1.807, 2.05) is 0 Å². The molecule has 1 aliphatic rings. The lowest BCUT2D eigenvalue weighted by molar-refractivity contribution is 0.374. The maximum atomic E-state index is 4.48. The van der Waals surface area contributed by atoms with Crippen LogP contribution in [0.15, 0.2) is 12.1 Å². The van der Waals surface area contributed by atoms with E-state index in [1.54, 1.807) is 0 Å². The summed E-state index contributed by atoms with van der Waals surface area (Å²) in [7, 11) is 0. The molecule has 1 atom stereocenters. The van der Waals surface area contributed by atoms with Gasteiger partial charge in [0.25, 0.3) is 0 Å². The number of hydrogen-bond acceptors (Lipinski definition) is 2. The minimum atomic E-state index is 0.530. The molecule has 2 rings (SSSR count). The highest BCUT2D eigenvalue weighted by Gasteiger charge is 2.25. The molecule has 1 heterocycles. The van der Waals surface area contributed by atoms with Crippen LogP contribution >= 0.6 is 0 Å². The largest absolute Gasteiger partial charge is 0.310 e. The first-order valence-electron chi connectivity index (χ1n) is 6.89.